The molecule has 116 valence electrons. The van der Waals surface area contributed by atoms with Gasteiger partial charge in [-0.05, 0) is 36.4 Å². The van der Waals surface area contributed by atoms with E-state index < -0.39 is 17.1 Å². The van der Waals surface area contributed by atoms with Crippen LogP contribution in [-0.2, 0) is 0 Å². The molecule has 0 aliphatic carbocycles. The van der Waals surface area contributed by atoms with E-state index in [1.807, 2.05) is 0 Å². The van der Waals surface area contributed by atoms with Crippen LogP contribution in [0.25, 0.3) is 22.3 Å². The quantitative estimate of drug-likeness (QED) is 0.724. The third kappa shape index (κ3) is 2.65. The van der Waals surface area contributed by atoms with Crippen molar-refractivity contribution >= 4 is 40.1 Å². The molecule has 0 fully saturated rings. The van der Waals surface area contributed by atoms with Gasteiger partial charge in [0.15, 0.2) is 5.76 Å². The fourth-order valence-corrected chi connectivity index (χ4v) is 2.45. The molecule has 0 bridgehead atoms. The summed E-state index contributed by atoms with van der Waals surface area (Å²) in [6.45, 7) is 0. The highest BCUT2D eigenvalue weighted by atomic mass is 35.5. The summed E-state index contributed by atoms with van der Waals surface area (Å²) < 4.78 is 5.54. The van der Waals surface area contributed by atoms with E-state index in [9.17, 15) is 14.7 Å². The molecule has 1 heterocycles. The Morgan fingerprint density at radius 2 is 1.78 bits per heavy atom. The molecule has 0 aliphatic rings. The summed E-state index contributed by atoms with van der Waals surface area (Å²) in [6.07, 6.45) is 0. The lowest BCUT2D eigenvalue weighted by Crippen LogP contribution is -2.05. The van der Waals surface area contributed by atoms with Crippen LogP contribution in [0.15, 0.2) is 45.6 Å². The molecule has 0 amide bonds. The molecule has 2 N–H and O–H groups in total. The molecule has 0 unspecified atom stereocenters. The molecule has 0 spiro atoms. The van der Waals surface area contributed by atoms with Gasteiger partial charge in [-0.15, -0.1) is 0 Å². The molecule has 1 aromatic heterocycles. The predicted molar refractivity (Wildman–Crippen MR) is 86.6 cm³/mol. The predicted octanol–water partition coefficient (Wildman–Crippen LogP) is 4.17. The molecular weight excluding hydrogens is 343 g/mol. The van der Waals surface area contributed by atoms with Gasteiger partial charge in [0, 0.05) is 5.56 Å². The highest BCUT2D eigenvalue weighted by Crippen LogP contribution is 2.33. The SMILES string of the molecule is O=C(O)c1ccc2oc(-c3ccc(Cl)c(Cl)c3)c(O)c(=O)c2c1. The minimum atomic E-state index is -1.18. The summed E-state index contributed by atoms with van der Waals surface area (Å²) in [5, 5.41) is 19.6. The zero-order valence-electron chi connectivity index (χ0n) is 11.3. The molecule has 0 saturated heterocycles. The molecule has 23 heavy (non-hydrogen) atoms. The Hall–Kier alpha value is -2.50. The van der Waals surface area contributed by atoms with Crippen LogP contribution in [-0.4, -0.2) is 16.2 Å². The second-order valence-electron chi connectivity index (χ2n) is 4.75. The van der Waals surface area contributed by atoms with Crippen molar-refractivity contribution in [1.82, 2.24) is 0 Å². The summed E-state index contributed by atoms with van der Waals surface area (Å²) in [5.74, 6) is -1.87. The van der Waals surface area contributed by atoms with Gasteiger partial charge in [-0.2, -0.15) is 0 Å². The summed E-state index contributed by atoms with van der Waals surface area (Å²) in [5.41, 5.74) is -0.279. The van der Waals surface area contributed by atoms with E-state index in [-0.39, 0.29) is 27.3 Å². The van der Waals surface area contributed by atoms with Gasteiger partial charge in [-0.25, -0.2) is 4.79 Å². The largest absolute Gasteiger partial charge is 0.502 e. The number of halogens is 2. The van der Waals surface area contributed by atoms with Crippen molar-refractivity contribution < 1.29 is 19.4 Å². The highest BCUT2D eigenvalue weighted by Gasteiger charge is 2.17. The van der Waals surface area contributed by atoms with E-state index in [1.165, 1.54) is 24.3 Å². The number of fused-ring (bicyclic) bond motifs is 1. The van der Waals surface area contributed by atoms with Gasteiger partial charge in [0.2, 0.25) is 11.2 Å². The van der Waals surface area contributed by atoms with Crippen molar-refractivity contribution in [2.24, 2.45) is 0 Å². The summed E-state index contributed by atoms with van der Waals surface area (Å²) in [4.78, 5) is 23.3. The molecule has 0 aliphatic heterocycles. The lowest BCUT2D eigenvalue weighted by Gasteiger charge is -2.07. The molecule has 2 aromatic carbocycles. The van der Waals surface area contributed by atoms with Crippen molar-refractivity contribution in [1.29, 1.82) is 0 Å². The number of hydrogen-bond acceptors (Lipinski definition) is 4. The van der Waals surface area contributed by atoms with Crippen molar-refractivity contribution in [2.75, 3.05) is 0 Å². The fourth-order valence-electron chi connectivity index (χ4n) is 2.15. The van der Waals surface area contributed by atoms with Gasteiger partial charge in [0.25, 0.3) is 0 Å². The standard InChI is InChI=1S/C16H8Cl2O5/c17-10-3-1-7(6-11(10)18)15-14(20)13(19)9-5-8(16(21)22)2-4-12(9)23-15/h1-6,20H,(H,21,22). The van der Waals surface area contributed by atoms with E-state index in [1.54, 1.807) is 6.07 Å². The average Bonchev–Trinajstić information content (AvgIpc) is 2.53. The van der Waals surface area contributed by atoms with Crippen LogP contribution < -0.4 is 5.43 Å². The van der Waals surface area contributed by atoms with Crippen LogP contribution >= 0.6 is 23.2 Å². The first kappa shape index (κ1) is 15.4. The summed E-state index contributed by atoms with van der Waals surface area (Å²) in [7, 11) is 0. The number of benzene rings is 2. The second kappa shape index (κ2) is 5.61. The molecule has 3 aromatic rings. The van der Waals surface area contributed by atoms with E-state index in [2.05, 4.69) is 0 Å². The third-order valence-electron chi connectivity index (χ3n) is 3.30. The van der Waals surface area contributed by atoms with Crippen LogP contribution in [0, 0.1) is 0 Å². The average molecular weight is 351 g/mol. The Bertz CT molecular complexity index is 1010. The summed E-state index contributed by atoms with van der Waals surface area (Å²) in [6, 6.07) is 8.34. The maximum atomic E-state index is 12.3. The Morgan fingerprint density at radius 1 is 1.04 bits per heavy atom. The highest BCUT2D eigenvalue weighted by molar-refractivity contribution is 6.42. The van der Waals surface area contributed by atoms with E-state index in [0.29, 0.717) is 10.6 Å². The molecule has 3 rings (SSSR count). The molecular formula is C16H8Cl2O5. The zero-order valence-corrected chi connectivity index (χ0v) is 12.9. The smallest absolute Gasteiger partial charge is 0.335 e. The van der Waals surface area contributed by atoms with E-state index >= 15 is 0 Å². The monoisotopic (exact) mass is 350 g/mol. The Kier molecular flexibility index (Phi) is 3.75. The van der Waals surface area contributed by atoms with Crippen molar-refractivity contribution in [3.8, 4) is 17.1 Å². The second-order valence-corrected chi connectivity index (χ2v) is 5.57. The molecule has 7 heteroatoms. The molecule has 0 atom stereocenters. The maximum Gasteiger partial charge on any atom is 0.335 e. The third-order valence-corrected chi connectivity index (χ3v) is 4.03. The first-order valence-electron chi connectivity index (χ1n) is 6.37. The first-order chi connectivity index (χ1) is 10.9. The lowest BCUT2D eigenvalue weighted by atomic mass is 10.1. The number of hydrogen-bond donors (Lipinski definition) is 2. The Morgan fingerprint density at radius 3 is 2.43 bits per heavy atom. The topological polar surface area (TPSA) is 87.7 Å². The van der Waals surface area contributed by atoms with Crippen LogP contribution in [0.2, 0.25) is 10.0 Å². The van der Waals surface area contributed by atoms with Crippen LogP contribution in [0.4, 0.5) is 0 Å². The van der Waals surface area contributed by atoms with E-state index in [4.69, 9.17) is 32.7 Å². The van der Waals surface area contributed by atoms with Gasteiger partial charge in [0.05, 0.1) is 21.0 Å². The summed E-state index contributed by atoms with van der Waals surface area (Å²) >= 11 is 11.8. The first-order valence-corrected chi connectivity index (χ1v) is 7.12. The number of carbonyl (C=O) groups is 1. The van der Waals surface area contributed by atoms with Crippen molar-refractivity contribution in [3.63, 3.8) is 0 Å². The van der Waals surface area contributed by atoms with Gasteiger partial charge in [0.1, 0.15) is 5.58 Å². The van der Waals surface area contributed by atoms with Crippen molar-refractivity contribution in [2.45, 2.75) is 0 Å². The van der Waals surface area contributed by atoms with Gasteiger partial charge in [-0.3, -0.25) is 4.79 Å². The minimum absolute atomic E-state index is 0.0220. The van der Waals surface area contributed by atoms with Gasteiger partial charge < -0.3 is 14.6 Å². The Labute approximate surface area is 139 Å². The minimum Gasteiger partial charge on any atom is -0.502 e. The van der Waals surface area contributed by atoms with Crippen LogP contribution in [0.3, 0.4) is 0 Å². The number of rotatable bonds is 2. The maximum absolute atomic E-state index is 12.3. The van der Waals surface area contributed by atoms with Crippen LogP contribution in [0.5, 0.6) is 5.75 Å². The fraction of sp³-hybridized carbons (Fsp3) is 0. The molecule has 5 nitrogen and oxygen atoms in total. The number of aromatic hydroxyl groups is 1. The van der Waals surface area contributed by atoms with Gasteiger partial charge >= 0.3 is 5.97 Å². The molecule has 0 saturated carbocycles. The number of carboxylic acids is 1. The number of carboxylic acid groups (broad SMARTS) is 1. The normalized spacial score (nSPS) is 10.9. The zero-order chi connectivity index (χ0) is 16.7. The molecule has 0 radical (unpaired) electrons. The number of aromatic carboxylic acids is 1. The van der Waals surface area contributed by atoms with Crippen LogP contribution in [0.1, 0.15) is 10.4 Å². The van der Waals surface area contributed by atoms with Crippen molar-refractivity contribution in [3.05, 3.63) is 62.2 Å². The van der Waals surface area contributed by atoms with Gasteiger partial charge in [-0.1, -0.05) is 23.2 Å². The lowest BCUT2D eigenvalue weighted by molar-refractivity contribution is 0.0697. The Balaban J connectivity index is 2.29. The van der Waals surface area contributed by atoms with E-state index in [0.717, 1.165) is 6.07 Å².